The molecule has 14 heavy (non-hydrogen) atoms. The quantitative estimate of drug-likeness (QED) is 0.391. The summed E-state index contributed by atoms with van der Waals surface area (Å²) >= 11 is 0. The van der Waals surface area contributed by atoms with Crippen LogP contribution in [0.3, 0.4) is 0 Å². The molecular formula is C8H6NNaO4. The summed E-state index contributed by atoms with van der Waals surface area (Å²) in [5.41, 5.74) is -0.358. The summed E-state index contributed by atoms with van der Waals surface area (Å²) < 4.78 is 0. The summed E-state index contributed by atoms with van der Waals surface area (Å²) in [4.78, 5) is 25.3. The molecule has 0 amide bonds. The minimum absolute atomic E-state index is 0. The van der Waals surface area contributed by atoms with Crippen molar-refractivity contribution >= 4 is 11.9 Å². The van der Waals surface area contributed by atoms with Gasteiger partial charge in [-0.3, -0.25) is 0 Å². The number of carbonyl (C=O) groups is 2. The van der Waals surface area contributed by atoms with E-state index in [1.807, 2.05) is 0 Å². The van der Waals surface area contributed by atoms with Crippen molar-refractivity contribution in [3.8, 4) is 0 Å². The Morgan fingerprint density at radius 2 is 1.71 bits per heavy atom. The number of aromatic carboxylic acids is 1. The first-order valence-electron chi connectivity index (χ1n) is 3.38. The summed E-state index contributed by atoms with van der Waals surface area (Å²) in [5, 5.41) is 10.5. The average molecular weight is 203 g/mol. The number of carbonyl (C=O) groups excluding carboxylic acids is 2. The molecule has 0 heterocycles. The Bertz CT molecular complexity index is 353. The number of carboxylic acids is 1. The monoisotopic (exact) mass is 203 g/mol. The van der Waals surface area contributed by atoms with Crippen molar-refractivity contribution < 1.29 is 49.1 Å². The van der Waals surface area contributed by atoms with Gasteiger partial charge >= 0.3 is 35.5 Å². The van der Waals surface area contributed by atoms with Gasteiger partial charge < -0.3 is 14.7 Å². The molecule has 0 unspecified atom stereocenters. The van der Waals surface area contributed by atoms with Crippen molar-refractivity contribution in [1.82, 2.24) is 0 Å². The van der Waals surface area contributed by atoms with Crippen LogP contribution in [-0.4, -0.2) is 11.9 Å². The van der Waals surface area contributed by atoms with Gasteiger partial charge in [0.15, 0.2) is 0 Å². The number of rotatable bonds is 2. The zero-order chi connectivity index (χ0) is 9.84. The molecule has 0 fully saturated rings. The zero-order valence-corrected chi connectivity index (χ0v) is 9.52. The second-order valence-corrected chi connectivity index (χ2v) is 2.24. The smallest absolute Gasteiger partial charge is 0.545 e. The predicted molar refractivity (Wildman–Crippen MR) is 40.4 cm³/mol. The van der Waals surface area contributed by atoms with Crippen molar-refractivity contribution in [3.63, 3.8) is 0 Å². The fourth-order valence-corrected chi connectivity index (χ4v) is 0.903. The van der Waals surface area contributed by atoms with Crippen LogP contribution in [-0.2, 0) is 4.84 Å². The molecule has 5 nitrogen and oxygen atoms in total. The molecular weight excluding hydrogens is 197 g/mol. The zero-order valence-electron chi connectivity index (χ0n) is 7.52. The molecule has 6 heteroatoms. The maximum absolute atomic E-state index is 10.9. The minimum Gasteiger partial charge on any atom is -0.545 e. The molecule has 0 atom stereocenters. The van der Waals surface area contributed by atoms with E-state index in [0.29, 0.717) is 0 Å². The Hall–Kier alpha value is -0.880. The van der Waals surface area contributed by atoms with Crippen LogP contribution in [0, 0.1) is 0 Å². The molecule has 68 valence electrons. The van der Waals surface area contributed by atoms with Gasteiger partial charge in [0.1, 0.15) is 0 Å². The van der Waals surface area contributed by atoms with Gasteiger partial charge in [-0.15, -0.1) is 0 Å². The van der Waals surface area contributed by atoms with Gasteiger partial charge in [-0.25, -0.2) is 4.79 Å². The molecule has 0 aliphatic rings. The van der Waals surface area contributed by atoms with Crippen LogP contribution >= 0.6 is 0 Å². The van der Waals surface area contributed by atoms with Crippen LogP contribution in [0.4, 0.5) is 0 Å². The van der Waals surface area contributed by atoms with Crippen molar-refractivity contribution in [2.75, 3.05) is 0 Å². The summed E-state index contributed by atoms with van der Waals surface area (Å²) in [6.07, 6.45) is 0. The average Bonchev–Trinajstić information content (AvgIpc) is 2.16. The van der Waals surface area contributed by atoms with E-state index in [1.165, 1.54) is 24.3 Å². The molecule has 0 aliphatic carbocycles. The molecule has 0 saturated heterocycles. The first-order valence-corrected chi connectivity index (χ1v) is 3.38. The molecule has 0 radical (unpaired) electrons. The van der Waals surface area contributed by atoms with Gasteiger partial charge in [-0.2, -0.15) is 5.90 Å². The van der Waals surface area contributed by atoms with Crippen LogP contribution in [0.25, 0.3) is 0 Å². The van der Waals surface area contributed by atoms with E-state index in [1.54, 1.807) is 0 Å². The second kappa shape index (κ2) is 5.77. The molecule has 0 bridgehead atoms. The second-order valence-electron chi connectivity index (χ2n) is 2.24. The van der Waals surface area contributed by atoms with Crippen LogP contribution in [0.1, 0.15) is 20.7 Å². The Balaban J connectivity index is 0.00000169. The number of benzene rings is 1. The van der Waals surface area contributed by atoms with Crippen molar-refractivity contribution in [2.45, 2.75) is 0 Å². The van der Waals surface area contributed by atoms with E-state index in [4.69, 9.17) is 0 Å². The van der Waals surface area contributed by atoms with E-state index < -0.39 is 11.9 Å². The summed E-state index contributed by atoms with van der Waals surface area (Å²) in [5.74, 6) is 2.26. The maximum atomic E-state index is 10.9. The number of hydrogen-bond donors (Lipinski definition) is 1. The van der Waals surface area contributed by atoms with E-state index in [2.05, 4.69) is 10.7 Å². The molecule has 0 aromatic heterocycles. The molecule has 0 spiro atoms. The summed E-state index contributed by atoms with van der Waals surface area (Å²) in [7, 11) is 0. The first kappa shape index (κ1) is 13.1. The van der Waals surface area contributed by atoms with Gasteiger partial charge in [0, 0.05) is 5.56 Å². The van der Waals surface area contributed by atoms with Gasteiger partial charge in [0.2, 0.25) is 0 Å². The minimum atomic E-state index is -1.44. The molecule has 1 aromatic carbocycles. The normalized spacial score (nSPS) is 8.64. The Kier molecular flexibility index (Phi) is 5.40. The largest absolute Gasteiger partial charge is 1.00 e. The molecule has 1 rings (SSSR count). The summed E-state index contributed by atoms with van der Waals surface area (Å²) in [6, 6.07) is 5.50. The van der Waals surface area contributed by atoms with Crippen LogP contribution in [0.5, 0.6) is 0 Å². The molecule has 0 aliphatic heterocycles. The number of carboxylic acid groups (broad SMARTS) is 1. The van der Waals surface area contributed by atoms with Gasteiger partial charge in [0.25, 0.3) is 0 Å². The van der Waals surface area contributed by atoms with Crippen LogP contribution in [0.2, 0.25) is 0 Å². The topological polar surface area (TPSA) is 92.5 Å². The van der Waals surface area contributed by atoms with Gasteiger partial charge in [-0.1, -0.05) is 18.2 Å². The van der Waals surface area contributed by atoms with E-state index in [0.717, 1.165) is 0 Å². The van der Waals surface area contributed by atoms with Crippen LogP contribution < -0.4 is 40.6 Å². The van der Waals surface area contributed by atoms with E-state index >= 15 is 0 Å². The van der Waals surface area contributed by atoms with Crippen molar-refractivity contribution in [2.24, 2.45) is 5.90 Å². The SMILES string of the molecule is NOC(=O)c1ccccc1C(=O)[O-].[Na+]. The van der Waals surface area contributed by atoms with Crippen molar-refractivity contribution in [3.05, 3.63) is 35.4 Å². The Morgan fingerprint density at radius 3 is 2.14 bits per heavy atom. The van der Waals surface area contributed by atoms with Crippen molar-refractivity contribution in [1.29, 1.82) is 0 Å². The van der Waals surface area contributed by atoms with E-state index in [9.17, 15) is 14.7 Å². The van der Waals surface area contributed by atoms with E-state index in [-0.39, 0.29) is 40.7 Å². The van der Waals surface area contributed by atoms with Gasteiger partial charge in [0.05, 0.1) is 11.5 Å². The Labute approximate surface area is 102 Å². The summed E-state index contributed by atoms with van der Waals surface area (Å²) in [6.45, 7) is 0. The molecule has 2 N–H and O–H groups in total. The fourth-order valence-electron chi connectivity index (χ4n) is 0.903. The third-order valence-corrected chi connectivity index (χ3v) is 1.47. The Morgan fingerprint density at radius 1 is 1.21 bits per heavy atom. The third kappa shape index (κ3) is 2.81. The molecule has 0 saturated carbocycles. The van der Waals surface area contributed by atoms with Gasteiger partial charge in [-0.05, 0) is 6.07 Å². The molecule has 1 aromatic rings. The number of hydrogen-bond acceptors (Lipinski definition) is 5. The predicted octanol–water partition coefficient (Wildman–Crippen LogP) is -3.92. The number of nitrogens with two attached hydrogens (primary N) is 1. The fraction of sp³-hybridized carbons (Fsp3) is 0. The van der Waals surface area contributed by atoms with Crippen LogP contribution in [0.15, 0.2) is 24.3 Å². The first-order chi connectivity index (χ1) is 6.16. The standard InChI is InChI=1S/C8H7NO4.Na/c9-13-8(12)6-4-2-1-3-5(6)7(10)11;/h1-4H,9H2,(H,10,11);/q;+1/p-1. The maximum Gasteiger partial charge on any atom is 1.00 e. The third-order valence-electron chi connectivity index (χ3n) is 1.47.